The molecule has 0 heterocycles. The Morgan fingerprint density at radius 2 is 1.50 bits per heavy atom. The van der Waals surface area contributed by atoms with Crippen LogP contribution in [0.5, 0.6) is 0 Å². The predicted molar refractivity (Wildman–Crippen MR) is 78.9 cm³/mol. The maximum absolute atomic E-state index is 12.0. The zero-order chi connectivity index (χ0) is 15.0. The minimum absolute atomic E-state index is 0.270. The first-order chi connectivity index (χ1) is 9.49. The summed E-state index contributed by atoms with van der Waals surface area (Å²) < 4.78 is 28.0. The summed E-state index contributed by atoms with van der Waals surface area (Å²) in [6, 6.07) is 15.6. The van der Waals surface area contributed by atoms with Gasteiger partial charge in [0.05, 0.1) is 4.90 Å². The number of hydrogen-bond acceptors (Lipinski definition) is 2. The summed E-state index contributed by atoms with van der Waals surface area (Å²) in [5.74, 6) is 0. The first-order valence-corrected chi connectivity index (χ1v) is 11.8. The molecule has 3 nitrogen and oxygen atoms in total. The van der Waals surface area contributed by atoms with Crippen LogP contribution in [0.3, 0.4) is 0 Å². The van der Waals surface area contributed by atoms with Crippen LogP contribution in [0.4, 0.5) is 5.69 Å². The Kier molecular flexibility index (Phi) is 7.23. The Morgan fingerprint density at radius 1 is 1.00 bits per heavy atom. The van der Waals surface area contributed by atoms with Crippen LogP contribution < -0.4 is 4.72 Å². The molecular formula is C15H18HgNO2S. The van der Waals surface area contributed by atoms with Crippen LogP contribution in [-0.4, -0.2) is 8.42 Å². The topological polar surface area (TPSA) is 46.2 Å². The molecule has 2 rings (SSSR count). The molecule has 5 heteroatoms. The third-order valence-electron chi connectivity index (χ3n) is 2.36. The van der Waals surface area contributed by atoms with Gasteiger partial charge in [0.15, 0.2) is 0 Å². The molecular weight excluding hydrogens is 459 g/mol. The van der Waals surface area contributed by atoms with Crippen molar-refractivity contribution in [2.75, 3.05) is 4.72 Å². The van der Waals surface area contributed by atoms with E-state index in [0.29, 0.717) is 5.69 Å². The molecule has 1 N–H and O–H groups in total. The second-order valence-corrected chi connectivity index (χ2v) is 9.85. The van der Waals surface area contributed by atoms with E-state index in [1.165, 1.54) is 3.93 Å². The van der Waals surface area contributed by atoms with Crippen molar-refractivity contribution in [1.29, 1.82) is 0 Å². The van der Waals surface area contributed by atoms with Gasteiger partial charge < -0.3 is 0 Å². The number of para-hydroxylation sites is 1. The van der Waals surface area contributed by atoms with Gasteiger partial charge in [-0.3, -0.25) is 4.72 Å². The molecule has 0 amide bonds. The first kappa shape index (κ1) is 17.2. The van der Waals surface area contributed by atoms with Crippen molar-refractivity contribution in [2.45, 2.75) is 22.7 Å². The fraction of sp³-hybridized carbons (Fsp3) is 0.200. The van der Waals surface area contributed by atoms with E-state index in [9.17, 15) is 8.42 Å². The largest absolute Gasteiger partial charge is 0.280 e. The zero-order valence-corrected chi connectivity index (χ0v) is 18.1. The SMILES string of the molecule is C[CH2][Hg].Cc1ccc(S(=O)(=O)Nc2ccccc2)cc1. The molecule has 0 unspecified atom stereocenters. The van der Waals surface area contributed by atoms with Crippen molar-refractivity contribution in [3.63, 3.8) is 0 Å². The Hall–Kier alpha value is -0.875. The molecule has 0 atom stereocenters. The van der Waals surface area contributed by atoms with Gasteiger partial charge in [0.25, 0.3) is 10.0 Å². The van der Waals surface area contributed by atoms with Crippen LogP contribution >= 0.6 is 0 Å². The molecule has 2 aromatic carbocycles. The van der Waals surface area contributed by atoms with E-state index < -0.39 is 10.0 Å². The van der Waals surface area contributed by atoms with Gasteiger partial charge in [-0.15, -0.1) is 0 Å². The summed E-state index contributed by atoms with van der Waals surface area (Å²) in [7, 11) is -3.48. The van der Waals surface area contributed by atoms with Crippen LogP contribution in [0, 0.1) is 6.92 Å². The quantitative estimate of drug-likeness (QED) is 0.685. The van der Waals surface area contributed by atoms with Gasteiger partial charge in [0.2, 0.25) is 0 Å². The van der Waals surface area contributed by atoms with Gasteiger partial charge in [-0.25, -0.2) is 8.42 Å². The fourth-order valence-electron chi connectivity index (χ4n) is 1.44. The summed E-state index contributed by atoms with van der Waals surface area (Å²) in [5.41, 5.74) is 1.59. The van der Waals surface area contributed by atoms with Crippen molar-refractivity contribution >= 4 is 15.7 Å². The average molecular weight is 477 g/mol. The third kappa shape index (κ3) is 5.63. The molecule has 0 saturated carbocycles. The van der Waals surface area contributed by atoms with Gasteiger partial charge >= 0.3 is 37.0 Å². The predicted octanol–water partition coefficient (Wildman–Crippen LogP) is 3.77. The van der Waals surface area contributed by atoms with Gasteiger partial charge in [-0.2, -0.15) is 0 Å². The van der Waals surface area contributed by atoms with E-state index in [2.05, 4.69) is 11.6 Å². The molecule has 0 fully saturated rings. The number of benzene rings is 2. The summed E-state index contributed by atoms with van der Waals surface area (Å²) >= 11 is 1.07. The summed E-state index contributed by atoms with van der Waals surface area (Å²) in [5, 5.41) is 0. The molecule has 0 aromatic heterocycles. The average Bonchev–Trinajstić information content (AvgIpc) is 2.41. The van der Waals surface area contributed by atoms with Crippen LogP contribution in [0.2, 0.25) is 3.93 Å². The monoisotopic (exact) mass is 478 g/mol. The van der Waals surface area contributed by atoms with Crippen molar-refractivity contribution in [3.05, 3.63) is 60.2 Å². The van der Waals surface area contributed by atoms with Gasteiger partial charge in [0, 0.05) is 5.69 Å². The Bertz CT molecular complexity index is 610. The van der Waals surface area contributed by atoms with Crippen LogP contribution in [0.15, 0.2) is 59.5 Å². The van der Waals surface area contributed by atoms with E-state index in [1.807, 2.05) is 13.0 Å². The van der Waals surface area contributed by atoms with Gasteiger partial charge in [0.1, 0.15) is 0 Å². The smallest absolute Gasteiger partial charge is 0.261 e. The van der Waals surface area contributed by atoms with E-state index in [4.69, 9.17) is 0 Å². The van der Waals surface area contributed by atoms with Gasteiger partial charge in [-0.1, -0.05) is 35.9 Å². The number of hydrogen-bond donors (Lipinski definition) is 1. The second-order valence-electron chi connectivity index (χ2n) is 4.28. The normalized spacial score (nSPS) is 10.4. The minimum atomic E-state index is -3.48. The zero-order valence-electron chi connectivity index (χ0n) is 11.8. The number of anilines is 1. The van der Waals surface area contributed by atoms with Crippen molar-refractivity contribution in [3.8, 4) is 0 Å². The van der Waals surface area contributed by atoms with E-state index in [1.54, 1.807) is 48.5 Å². The molecule has 0 aliphatic carbocycles. The fourth-order valence-corrected chi connectivity index (χ4v) is 2.50. The van der Waals surface area contributed by atoms with Crippen molar-refractivity contribution in [1.82, 2.24) is 0 Å². The minimum Gasteiger partial charge on any atom is -0.280 e. The number of nitrogens with one attached hydrogen (secondary N) is 1. The molecule has 0 spiro atoms. The molecule has 20 heavy (non-hydrogen) atoms. The number of sulfonamides is 1. The molecule has 0 bridgehead atoms. The van der Waals surface area contributed by atoms with Crippen LogP contribution in [0.1, 0.15) is 12.5 Å². The molecule has 0 aliphatic heterocycles. The Labute approximate surface area is 137 Å². The molecule has 0 aliphatic rings. The molecule has 0 saturated heterocycles. The molecule has 2 aromatic rings. The summed E-state index contributed by atoms with van der Waals surface area (Å²) in [6.07, 6.45) is 0. The maximum atomic E-state index is 12.0. The second kappa shape index (κ2) is 8.42. The molecule has 103 valence electrons. The van der Waals surface area contributed by atoms with Crippen molar-refractivity contribution in [2.24, 2.45) is 0 Å². The first-order valence-electron chi connectivity index (χ1n) is 6.43. The third-order valence-corrected chi connectivity index (χ3v) is 3.75. The number of rotatable bonds is 3. The summed E-state index contributed by atoms with van der Waals surface area (Å²) in [4.78, 5) is 0.270. The molecule has 0 radical (unpaired) electrons. The maximum Gasteiger partial charge on any atom is 0.261 e. The van der Waals surface area contributed by atoms with Gasteiger partial charge in [-0.05, 0) is 31.2 Å². The standard InChI is InChI=1S/C13H13NO2S.C2H5.Hg/c1-11-7-9-13(10-8-11)17(15,16)14-12-5-3-2-4-6-12;1-2;/h2-10,14H,1H3;1H2,2H3;. The van der Waals surface area contributed by atoms with E-state index in [0.717, 1.165) is 31.7 Å². The van der Waals surface area contributed by atoms with Crippen molar-refractivity contribution < 1.29 is 34.5 Å². The summed E-state index contributed by atoms with van der Waals surface area (Å²) in [6.45, 7) is 4.13. The number of aryl methyl sites for hydroxylation is 1. The Balaban J connectivity index is 0.000000612. The van der Waals surface area contributed by atoms with Crippen LogP contribution in [0.25, 0.3) is 0 Å². The van der Waals surface area contributed by atoms with E-state index in [-0.39, 0.29) is 4.90 Å². The van der Waals surface area contributed by atoms with E-state index >= 15 is 0 Å². The Morgan fingerprint density at radius 3 is 2.00 bits per heavy atom. The van der Waals surface area contributed by atoms with Crippen LogP contribution in [-0.2, 0) is 36.1 Å².